The minimum absolute atomic E-state index is 0.687. The molecule has 18 heavy (non-hydrogen) atoms. The second kappa shape index (κ2) is 4.31. The quantitative estimate of drug-likeness (QED) is 0.539. The molecule has 3 aromatic carbocycles. The van der Waals surface area contributed by atoms with Gasteiger partial charge in [-0.25, -0.2) is 0 Å². The molecule has 0 heterocycles. The number of amides is 1. The Morgan fingerprint density at radius 3 is 2.56 bits per heavy atom. The van der Waals surface area contributed by atoms with Crippen LogP contribution in [0.1, 0.15) is 0 Å². The van der Waals surface area contributed by atoms with Gasteiger partial charge in [0.1, 0.15) is 0 Å². The predicted molar refractivity (Wildman–Crippen MR) is 76.2 cm³/mol. The summed E-state index contributed by atoms with van der Waals surface area (Å²) in [6, 6.07) is 15.7. The SMILES string of the molecule is O=CNc1c2ccccc2cc2c(Cl)cccc12. The van der Waals surface area contributed by atoms with E-state index in [0.717, 1.165) is 27.2 Å². The van der Waals surface area contributed by atoms with Crippen molar-refractivity contribution in [3.63, 3.8) is 0 Å². The fraction of sp³-hybridized carbons (Fsp3) is 0. The van der Waals surface area contributed by atoms with Crippen LogP contribution in [0, 0.1) is 0 Å². The second-order valence-corrected chi connectivity index (χ2v) is 4.48. The molecule has 2 nitrogen and oxygen atoms in total. The molecule has 0 aliphatic rings. The topological polar surface area (TPSA) is 29.1 Å². The van der Waals surface area contributed by atoms with E-state index in [2.05, 4.69) is 5.32 Å². The highest BCUT2D eigenvalue weighted by Gasteiger charge is 2.08. The van der Waals surface area contributed by atoms with E-state index in [4.69, 9.17) is 11.6 Å². The van der Waals surface area contributed by atoms with Gasteiger partial charge >= 0.3 is 0 Å². The monoisotopic (exact) mass is 255 g/mol. The van der Waals surface area contributed by atoms with E-state index in [0.29, 0.717) is 11.4 Å². The zero-order valence-electron chi connectivity index (χ0n) is 9.48. The summed E-state index contributed by atoms with van der Waals surface area (Å²) in [4.78, 5) is 10.8. The van der Waals surface area contributed by atoms with E-state index < -0.39 is 0 Å². The zero-order valence-corrected chi connectivity index (χ0v) is 10.2. The Kier molecular flexibility index (Phi) is 2.65. The molecule has 0 fully saturated rings. The lowest BCUT2D eigenvalue weighted by Crippen LogP contribution is -1.96. The highest BCUT2D eigenvalue weighted by Crippen LogP contribution is 2.35. The van der Waals surface area contributed by atoms with Gasteiger partial charge in [0.05, 0.1) is 5.69 Å². The molecule has 1 N–H and O–H groups in total. The van der Waals surface area contributed by atoms with E-state index in [-0.39, 0.29) is 0 Å². The van der Waals surface area contributed by atoms with Crippen molar-refractivity contribution >= 4 is 45.2 Å². The van der Waals surface area contributed by atoms with Gasteiger partial charge in [-0.3, -0.25) is 4.79 Å². The van der Waals surface area contributed by atoms with Crippen molar-refractivity contribution in [3.05, 3.63) is 53.6 Å². The number of halogens is 1. The molecule has 0 saturated heterocycles. The summed E-state index contributed by atoms with van der Waals surface area (Å²) in [5.74, 6) is 0. The van der Waals surface area contributed by atoms with Crippen molar-refractivity contribution in [2.75, 3.05) is 5.32 Å². The van der Waals surface area contributed by atoms with Crippen LogP contribution in [0.4, 0.5) is 5.69 Å². The summed E-state index contributed by atoms with van der Waals surface area (Å²) < 4.78 is 0. The average Bonchev–Trinajstić information content (AvgIpc) is 2.40. The Labute approximate surface area is 109 Å². The third kappa shape index (κ3) is 1.62. The van der Waals surface area contributed by atoms with Crippen LogP contribution in [0.2, 0.25) is 5.02 Å². The molecule has 1 amide bonds. The average molecular weight is 256 g/mol. The van der Waals surface area contributed by atoms with Gasteiger partial charge in [0.2, 0.25) is 6.41 Å². The molecular weight excluding hydrogens is 246 g/mol. The first-order chi connectivity index (χ1) is 8.81. The number of hydrogen-bond acceptors (Lipinski definition) is 1. The first-order valence-electron chi connectivity index (χ1n) is 5.61. The van der Waals surface area contributed by atoms with Gasteiger partial charge in [-0.15, -0.1) is 0 Å². The number of anilines is 1. The number of carbonyl (C=O) groups excluding carboxylic acids is 1. The maximum atomic E-state index is 10.8. The Morgan fingerprint density at radius 2 is 1.72 bits per heavy atom. The molecule has 3 heteroatoms. The van der Waals surface area contributed by atoms with E-state index in [1.54, 1.807) is 0 Å². The van der Waals surface area contributed by atoms with Gasteiger partial charge in [-0.2, -0.15) is 0 Å². The highest BCUT2D eigenvalue weighted by atomic mass is 35.5. The highest BCUT2D eigenvalue weighted by molar-refractivity contribution is 6.36. The third-order valence-electron chi connectivity index (χ3n) is 3.06. The molecule has 0 aliphatic carbocycles. The summed E-state index contributed by atoms with van der Waals surface area (Å²) >= 11 is 6.21. The standard InChI is InChI=1S/C15H10ClNO/c16-14-7-3-6-12-13(14)8-10-4-1-2-5-11(10)15(12)17-9-18/h1-9H,(H,17,18). The van der Waals surface area contributed by atoms with Crippen LogP contribution in [0.25, 0.3) is 21.5 Å². The van der Waals surface area contributed by atoms with E-state index in [1.165, 1.54) is 0 Å². The smallest absolute Gasteiger partial charge is 0.211 e. The number of nitrogens with one attached hydrogen (secondary N) is 1. The fourth-order valence-corrected chi connectivity index (χ4v) is 2.50. The predicted octanol–water partition coefficient (Wildman–Crippen LogP) is 4.21. The van der Waals surface area contributed by atoms with Crippen molar-refractivity contribution in [1.82, 2.24) is 0 Å². The van der Waals surface area contributed by atoms with Crippen LogP contribution < -0.4 is 5.32 Å². The normalized spacial score (nSPS) is 10.7. The van der Waals surface area contributed by atoms with Crippen molar-refractivity contribution in [2.24, 2.45) is 0 Å². The molecule has 0 atom stereocenters. The van der Waals surface area contributed by atoms with Crippen LogP contribution >= 0.6 is 11.6 Å². The summed E-state index contributed by atoms with van der Waals surface area (Å²) in [5, 5.41) is 7.44. The van der Waals surface area contributed by atoms with E-state index in [9.17, 15) is 4.79 Å². The fourth-order valence-electron chi connectivity index (χ4n) is 2.27. The lowest BCUT2D eigenvalue weighted by Gasteiger charge is -2.11. The number of rotatable bonds is 2. The zero-order chi connectivity index (χ0) is 12.5. The summed E-state index contributed by atoms with van der Waals surface area (Å²) in [6.45, 7) is 0. The Morgan fingerprint density at radius 1 is 0.944 bits per heavy atom. The summed E-state index contributed by atoms with van der Waals surface area (Å²) in [5.41, 5.74) is 0.806. The van der Waals surface area contributed by atoms with Crippen molar-refractivity contribution in [1.29, 1.82) is 0 Å². The van der Waals surface area contributed by atoms with Gasteiger partial charge in [0.15, 0.2) is 0 Å². The Hall–Kier alpha value is -2.06. The minimum atomic E-state index is 0.687. The maximum absolute atomic E-state index is 10.8. The molecule has 3 rings (SSSR count). The van der Waals surface area contributed by atoms with Gasteiger partial charge in [-0.05, 0) is 17.5 Å². The molecule has 0 unspecified atom stereocenters. The molecule has 0 aliphatic heterocycles. The first kappa shape index (κ1) is 11.1. The number of carbonyl (C=O) groups is 1. The number of hydrogen-bond donors (Lipinski definition) is 1. The lowest BCUT2D eigenvalue weighted by atomic mass is 10.0. The van der Waals surface area contributed by atoms with Crippen LogP contribution in [0.3, 0.4) is 0 Å². The summed E-state index contributed by atoms with van der Waals surface area (Å²) in [7, 11) is 0. The molecule has 0 spiro atoms. The third-order valence-corrected chi connectivity index (χ3v) is 3.39. The van der Waals surface area contributed by atoms with Crippen LogP contribution in [-0.4, -0.2) is 6.41 Å². The largest absolute Gasteiger partial charge is 0.328 e. The molecule has 88 valence electrons. The van der Waals surface area contributed by atoms with Crippen molar-refractivity contribution in [2.45, 2.75) is 0 Å². The van der Waals surface area contributed by atoms with Crippen LogP contribution in [-0.2, 0) is 4.79 Å². The molecule has 0 radical (unpaired) electrons. The Bertz CT molecular complexity index is 752. The van der Waals surface area contributed by atoms with Crippen LogP contribution in [0.15, 0.2) is 48.5 Å². The number of benzene rings is 3. The molecule has 0 bridgehead atoms. The molecular formula is C15H10ClNO. The molecule has 3 aromatic rings. The maximum Gasteiger partial charge on any atom is 0.211 e. The molecule has 0 aromatic heterocycles. The van der Waals surface area contributed by atoms with Gasteiger partial charge in [0.25, 0.3) is 0 Å². The van der Waals surface area contributed by atoms with E-state index >= 15 is 0 Å². The van der Waals surface area contributed by atoms with Crippen molar-refractivity contribution < 1.29 is 4.79 Å². The lowest BCUT2D eigenvalue weighted by molar-refractivity contribution is -0.105. The first-order valence-corrected chi connectivity index (χ1v) is 5.99. The van der Waals surface area contributed by atoms with Crippen molar-refractivity contribution in [3.8, 4) is 0 Å². The Balaban J connectivity index is 2.54. The van der Waals surface area contributed by atoms with Gasteiger partial charge in [0, 0.05) is 21.2 Å². The minimum Gasteiger partial charge on any atom is -0.328 e. The van der Waals surface area contributed by atoms with E-state index in [1.807, 2.05) is 48.5 Å². The number of fused-ring (bicyclic) bond motifs is 2. The summed E-state index contributed by atoms with van der Waals surface area (Å²) in [6.07, 6.45) is 0.697. The van der Waals surface area contributed by atoms with Crippen LogP contribution in [0.5, 0.6) is 0 Å². The molecule has 0 saturated carbocycles. The van der Waals surface area contributed by atoms with Gasteiger partial charge in [-0.1, -0.05) is 48.0 Å². The second-order valence-electron chi connectivity index (χ2n) is 4.07. The van der Waals surface area contributed by atoms with Gasteiger partial charge < -0.3 is 5.32 Å².